The SMILES string of the molecule is CCNC(=NCC1CCN(S(=O)(=O)C(F)(F)F)CC1)NC(C)CCc1ccccc1. The van der Waals surface area contributed by atoms with Crippen LogP contribution < -0.4 is 10.6 Å². The van der Waals surface area contributed by atoms with E-state index in [0.29, 0.717) is 36.2 Å². The molecule has 1 saturated heterocycles. The second-order valence-electron chi connectivity index (χ2n) is 7.58. The molecule has 0 spiro atoms. The van der Waals surface area contributed by atoms with Crippen LogP contribution in [-0.4, -0.2) is 56.4 Å². The fourth-order valence-corrected chi connectivity index (χ4v) is 4.34. The van der Waals surface area contributed by atoms with Crippen LogP contribution in [0.2, 0.25) is 0 Å². The molecule has 0 aliphatic carbocycles. The quantitative estimate of drug-likeness (QED) is 0.473. The van der Waals surface area contributed by atoms with E-state index in [9.17, 15) is 21.6 Å². The molecule has 2 N–H and O–H groups in total. The lowest BCUT2D eigenvalue weighted by atomic mass is 9.98. The summed E-state index contributed by atoms with van der Waals surface area (Å²) in [7, 11) is -5.24. The van der Waals surface area contributed by atoms with Crippen LogP contribution in [0.25, 0.3) is 0 Å². The van der Waals surface area contributed by atoms with Crippen molar-refractivity contribution >= 4 is 16.0 Å². The zero-order chi connectivity index (χ0) is 22.2. The standard InChI is InChI=1S/C20H31F3N4O2S/c1-3-24-19(26-16(2)9-10-17-7-5-4-6-8-17)25-15-18-11-13-27(14-12-18)30(28,29)20(21,22)23/h4-8,16,18H,3,9-15H2,1-2H3,(H2,24,25,26). The highest BCUT2D eigenvalue weighted by Gasteiger charge is 2.50. The van der Waals surface area contributed by atoms with E-state index in [-0.39, 0.29) is 25.0 Å². The summed E-state index contributed by atoms with van der Waals surface area (Å²) in [6.07, 6.45) is 2.60. The Morgan fingerprint density at radius 1 is 1.23 bits per heavy atom. The number of benzene rings is 1. The molecule has 0 saturated carbocycles. The summed E-state index contributed by atoms with van der Waals surface area (Å²) in [6, 6.07) is 10.4. The fraction of sp³-hybridized carbons (Fsp3) is 0.650. The van der Waals surface area contributed by atoms with Crippen molar-refractivity contribution in [3.8, 4) is 0 Å². The summed E-state index contributed by atoms with van der Waals surface area (Å²) in [5, 5.41) is 6.55. The first-order valence-corrected chi connectivity index (χ1v) is 11.7. The first-order valence-electron chi connectivity index (χ1n) is 10.3. The molecule has 0 aromatic heterocycles. The summed E-state index contributed by atoms with van der Waals surface area (Å²) >= 11 is 0. The van der Waals surface area contributed by atoms with Gasteiger partial charge in [-0.1, -0.05) is 30.3 Å². The van der Waals surface area contributed by atoms with Crippen molar-refractivity contribution in [2.75, 3.05) is 26.2 Å². The number of aryl methyl sites for hydroxylation is 1. The predicted molar refractivity (Wildman–Crippen MR) is 113 cm³/mol. The third-order valence-electron chi connectivity index (χ3n) is 5.15. The van der Waals surface area contributed by atoms with Gasteiger partial charge in [-0.3, -0.25) is 4.99 Å². The average Bonchev–Trinajstić information content (AvgIpc) is 2.71. The van der Waals surface area contributed by atoms with Crippen LogP contribution in [0.5, 0.6) is 0 Å². The lowest BCUT2D eigenvalue weighted by Crippen LogP contribution is -2.45. The minimum Gasteiger partial charge on any atom is -0.357 e. The van der Waals surface area contributed by atoms with Gasteiger partial charge in [-0.25, -0.2) is 8.42 Å². The van der Waals surface area contributed by atoms with E-state index in [2.05, 4.69) is 34.7 Å². The Morgan fingerprint density at radius 3 is 2.43 bits per heavy atom. The Balaban J connectivity index is 1.83. The molecule has 30 heavy (non-hydrogen) atoms. The highest BCUT2D eigenvalue weighted by Crippen LogP contribution is 2.30. The van der Waals surface area contributed by atoms with Crippen molar-refractivity contribution in [2.45, 2.75) is 51.1 Å². The summed E-state index contributed by atoms with van der Waals surface area (Å²) in [4.78, 5) is 4.57. The molecule has 1 aliphatic heterocycles. The van der Waals surface area contributed by atoms with Crippen molar-refractivity contribution < 1.29 is 21.6 Å². The third kappa shape index (κ3) is 7.16. The van der Waals surface area contributed by atoms with Crippen molar-refractivity contribution in [1.29, 1.82) is 0 Å². The smallest absolute Gasteiger partial charge is 0.357 e. The molecule has 1 atom stereocenters. The molecule has 170 valence electrons. The van der Waals surface area contributed by atoms with E-state index < -0.39 is 15.5 Å². The van der Waals surface area contributed by atoms with Crippen LogP contribution in [0.3, 0.4) is 0 Å². The molecule has 1 aliphatic rings. The first-order chi connectivity index (χ1) is 14.1. The fourth-order valence-electron chi connectivity index (χ4n) is 3.35. The zero-order valence-corrected chi connectivity index (χ0v) is 18.3. The number of halogens is 3. The van der Waals surface area contributed by atoms with Gasteiger partial charge >= 0.3 is 15.5 Å². The largest absolute Gasteiger partial charge is 0.511 e. The van der Waals surface area contributed by atoms with Crippen molar-refractivity contribution in [1.82, 2.24) is 14.9 Å². The van der Waals surface area contributed by atoms with Crippen LogP contribution in [-0.2, 0) is 16.4 Å². The van der Waals surface area contributed by atoms with Crippen molar-refractivity contribution in [3.05, 3.63) is 35.9 Å². The monoisotopic (exact) mass is 448 g/mol. The van der Waals surface area contributed by atoms with E-state index in [4.69, 9.17) is 0 Å². The highest BCUT2D eigenvalue weighted by molar-refractivity contribution is 7.90. The maximum absolute atomic E-state index is 12.7. The van der Waals surface area contributed by atoms with Crippen LogP contribution in [0.1, 0.15) is 38.7 Å². The summed E-state index contributed by atoms with van der Waals surface area (Å²) in [5.74, 6) is 0.725. The van der Waals surface area contributed by atoms with Gasteiger partial charge in [0.1, 0.15) is 0 Å². The molecule has 1 aromatic carbocycles. The van der Waals surface area contributed by atoms with Gasteiger partial charge in [0.2, 0.25) is 0 Å². The minimum absolute atomic E-state index is 0.0553. The number of nitrogens with one attached hydrogen (secondary N) is 2. The van der Waals surface area contributed by atoms with Gasteiger partial charge in [0.05, 0.1) is 0 Å². The minimum atomic E-state index is -5.24. The number of rotatable bonds is 8. The van der Waals surface area contributed by atoms with Gasteiger partial charge < -0.3 is 10.6 Å². The van der Waals surface area contributed by atoms with Crippen LogP contribution >= 0.6 is 0 Å². The molecule has 10 heteroatoms. The van der Waals surface area contributed by atoms with Gasteiger partial charge in [-0.05, 0) is 51.0 Å². The number of nitrogens with zero attached hydrogens (tertiary/aromatic N) is 2. The highest BCUT2D eigenvalue weighted by atomic mass is 32.2. The molecular weight excluding hydrogens is 417 g/mol. The molecule has 0 amide bonds. The second kappa shape index (κ2) is 11.0. The van der Waals surface area contributed by atoms with Crippen LogP contribution in [0, 0.1) is 5.92 Å². The molecule has 1 fully saturated rings. The summed E-state index contributed by atoms with van der Waals surface area (Å²) < 4.78 is 61.6. The Morgan fingerprint density at radius 2 is 1.87 bits per heavy atom. The average molecular weight is 449 g/mol. The number of piperidine rings is 1. The summed E-state index contributed by atoms with van der Waals surface area (Å²) in [6.45, 7) is 4.93. The van der Waals surface area contributed by atoms with Gasteiger partial charge in [-0.15, -0.1) is 0 Å². The molecule has 1 unspecified atom stereocenters. The number of alkyl halides is 3. The number of aliphatic imine (C=N–C) groups is 1. The Bertz CT molecular complexity index is 777. The van der Waals surface area contributed by atoms with E-state index in [1.165, 1.54) is 5.56 Å². The van der Waals surface area contributed by atoms with E-state index >= 15 is 0 Å². The molecular formula is C20H31F3N4O2S. The molecule has 6 nitrogen and oxygen atoms in total. The van der Waals surface area contributed by atoms with Gasteiger partial charge in [0.15, 0.2) is 5.96 Å². The molecule has 2 rings (SSSR count). The number of guanidine groups is 1. The zero-order valence-electron chi connectivity index (χ0n) is 17.5. The third-order valence-corrected chi connectivity index (χ3v) is 6.78. The number of hydrogen-bond donors (Lipinski definition) is 2. The van der Waals surface area contributed by atoms with E-state index in [0.717, 1.165) is 12.8 Å². The van der Waals surface area contributed by atoms with Crippen molar-refractivity contribution in [2.24, 2.45) is 10.9 Å². The van der Waals surface area contributed by atoms with Crippen LogP contribution in [0.15, 0.2) is 35.3 Å². The van der Waals surface area contributed by atoms with Gasteiger partial charge in [0.25, 0.3) is 0 Å². The maximum atomic E-state index is 12.7. The maximum Gasteiger partial charge on any atom is 0.511 e. The van der Waals surface area contributed by atoms with E-state index in [1.807, 2.05) is 25.1 Å². The van der Waals surface area contributed by atoms with E-state index in [1.54, 1.807) is 0 Å². The molecule has 1 aromatic rings. The molecule has 0 radical (unpaired) electrons. The van der Waals surface area contributed by atoms with Crippen molar-refractivity contribution in [3.63, 3.8) is 0 Å². The van der Waals surface area contributed by atoms with Gasteiger partial charge in [-0.2, -0.15) is 17.5 Å². The summed E-state index contributed by atoms with van der Waals surface area (Å²) in [5.41, 5.74) is -3.97. The Hall–Kier alpha value is -1.81. The molecule has 0 bridgehead atoms. The predicted octanol–water partition coefficient (Wildman–Crippen LogP) is 3.12. The number of hydrogen-bond acceptors (Lipinski definition) is 3. The normalized spacial score (nSPS) is 18.2. The number of sulfonamides is 1. The Labute approximate surface area is 177 Å². The lowest BCUT2D eigenvalue weighted by molar-refractivity contribution is -0.0496. The second-order valence-corrected chi connectivity index (χ2v) is 9.51. The van der Waals surface area contributed by atoms with Gasteiger partial charge in [0, 0.05) is 32.2 Å². The first kappa shape index (κ1) is 24.5. The lowest BCUT2D eigenvalue weighted by Gasteiger charge is -2.31. The Kier molecular flexibility index (Phi) is 8.96. The van der Waals surface area contributed by atoms with Crippen LogP contribution in [0.4, 0.5) is 13.2 Å². The topological polar surface area (TPSA) is 73.8 Å². The molecule has 1 heterocycles.